The molecule has 0 atom stereocenters. The number of amides is 1. The zero-order valence-electron chi connectivity index (χ0n) is 9.86. The van der Waals surface area contributed by atoms with Gasteiger partial charge in [0.25, 0.3) is 5.91 Å². The van der Waals surface area contributed by atoms with Crippen molar-refractivity contribution in [2.24, 2.45) is 0 Å². The van der Waals surface area contributed by atoms with Gasteiger partial charge in [-0.15, -0.1) is 0 Å². The second-order valence-corrected chi connectivity index (χ2v) is 4.64. The molecule has 0 fully saturated rings. The summed E-state index contributed by atoms with van der Waals surface area (Å²) in [6, 6.07) is 7.35. The Morgan fingerprint density at radius 1 is 1.41 bits per heavy atom. The molecule has 0 unspecified atom stereocenters. The number of nitrogens with one attached hydrogen (secondary N) is 1. The molecule has 1 heterocycles. The summed E-state index contributed by atoms with van der Waals surface area (Å²) < 4.78 is 5.29. The van der Waals surface area contributed by atoms with E-state index in [0.29, 0.717) is 11.1 Å². The fraction of sp³-hybridized carbons (Fsp3) is 0.308. The van der Waals surface area contributed by atoms with Crippen LogP contribution in [0.1, 0.15) is 24.2 Å². The van der Waals surface area contributed by atoms with E-state index in [1.54, 1.807) is 13.8 Å². The molecule has 0 saturated carbocycles. The molecule has 90 valence electrons. The van der Waals surface area contributed by atoms with Gasteiger partial charge in [-0.25, -0.2) is 0 Å². The Labute approximate surface area is 99.2 Å². The molecule has 0 radical (unpaired) electrons. The Morgan fingerprint density at radius 2 is 2.12 bits per heavy atom. The lowest BCUT2D eigenvalue weighted by molar-refractivity contribution is 0.0870. The molecule has 1 amide bonds. The first kappa shape index (κ1) is 11.7. The summed E-state index contributed by atoms with van der Waals surface area (Å²) in [5, 5.41) is 12.6. The summed E-state index contributed by atoms with van der Waals surface area (Å²) in [5.41, 5.74) is 0.525. The van der Waals surface area contributed by atoms with Crippen LogP contribution in [0.3, 0.4) is 0 Å². The molecule has 0 aliphatic carbocycles. The number of aliphatic hydroxyl groups is 1. The summed E-state index contributed by atoms with van der Waals surface area (Å²) in [4.78, 5) is 12.0. The first-order chi connectivity index (χ1) is 8.03. The van der Waals surface area contributed by atoms with Crippen LogP contribution in [0.15, 0.2) is 34.9 Å². The van der Waals surface area contributed by atoms with Crippen molar-refractivity contribution in [2.45, 2.75) is 19.4 Å². The molecule has 4 nitrogen and oxygen atoms in total. The minimum Gasteiger partial charge on any atom is -0.463 e. The average Bonchev–Trinajstić information content (AvgIpc) is 2.72. The number of fused-ring (bicyclic) bond motifs is 1. The van der Waals surface area contributed by atoms with E-state index in [1.165, 1.54) is 6.26 Å². The highest BCUT2D eigenvalue weighted by Gasteiger charge is 2.22. The highest BCUT2D eigenvalue weighted by molar-refractivity contribution is 6.06. The van der Waals surface area contributed by atoms with Crippen molar-refractivity contribution in [1.29, 1.82) is 0 Å². The van der Waals surface area contributed by atoms with E-state index in [1.807, 2.05) is 24.3 Å². The van der Waals surface area contributed by atoms with Crippen LogP contribution in [0, 0.1) is 0 Å². The van der Waals surface area contributed by atoms with Crippen LogP contribution in [-0.4, -0.2) is 23.2 Å². The molecule has 0 aliphatic heterocycles. The van der Waals surface area contributed by atoms with Crippen LogP contribution in [-0.2, 0) is 0 Å². The van der Waals surface area contributed by atoms with E-state index in [0.717, 1.165) is 5.39 Å². The predicted molar refractivity (Wildman–Crippen MR) is 64.8 cm³/mol. The highest BCUT2D eigenvalue weighted by atomic mass is 16.3. The SMILES string of the molecule is CC(C)(CO)NC(=O)c1coc2ccccc12. The number of furan rings is 1. The van der Waals surface area contributed by atoms with Crippen LogP contribution in [0.25, 0.3) is 11.0 Å². The second-order valence-electron chi connectivity index (χ2n) is 4.64. The zero-order chi connectivity index (χ0) is 12.5. The monoisotopic (exact) mass is 233 g/mol. The number of carbonyl (C=O) groups excluding carboxylic acids is 1. The normalized spacial score (nSPS) is 11.7. The Hall–Kier alpha value is -1.81. The third kappa shape index (κ3) is 2.31. The average molecular weight is 233 g/mol. The van der Waals surface area contributed by atoms with E-state index >= 15 is 0 Å². The summed E-state index contributed by atoms with van der Waals surface area (Å²) in [6.45, 7) is 3.40. The number of para-hydroxylation sites is 1. The van der Waals surface area contributed by atoms with Gasteiger partial charge in [0.15, 0.2) is 0 Å². The van der Waals surface area contributed by atoms with Crippen molar-refractivity contribution in [1.82, 2.24) is 5.32 Å². The molecule has 0 spiro atoms. The number of hydrogen-bond acceptors (Lipinski definition) is 3. The van der Waals surface area contributed by atoms with E-state index in [9.17, 15) is 4.79 Å². The number of aliphatic hydroxyl groups excluding tert-OH is 1. The number of hydrogen-bond donors (Lipinski definition) is 2. The fourth-order valence-electron chi connectivity index (χ4n) is 1.57. The van der Waals surface area contributed by atoms with Gasteiger partial charge in [-0.2, -0.15) is 0 Å². The number of carbonyl (C=O) groups is 1. The predicted octanol–water partition coefficient (Wildman–Crippen LogP) is 1.93. The molecule has 1 aromatic carbocycles. The minimum absolute atomic E-state index is 0.117. The Bertz CT molecular complexity index is 542. The molecular formula is C13H15NO3. The molecular weight excluding hydrogens is 218 g/mol. The van der Waals surface area contributed by atoms with Gasteiger partial charge < -0.3 is 14.8 Å². The first-order valence-electron chi connectivity index (χ1n) is 5.43. The molecule has 0 saturated heterocycles. The molecule has 0 bridgehead atoms. The summed E-state index contributed by atoms with van der Waals surface area (Å²) in [7, 11) is 0. The van der Waals surface area contributed by atoms with Gasteiger partial charge in [0.1, 0.15) is 11.8 Å². The van der Waals surface area contributed by atoms with Crippen molar-refractivity contribution in [3.05, 3.63) is 36.1 Å². The highest BCUT2D eigenvalue weighted by Crippen LogP contribution is 2.21. The Kier molecular flexibility index (Phi) is 2.90. The molecule has 1 aromatic heterocycles. The smallest absolute Gasteiger partial charge is 0.255 e. The van der Waals surface area contributed by atoms with Gasteiger partial charge >= 0.3 is 0 Å². The van der Waals surface area contributed by atoms with Crippen LogP contribution < -0.4 is 5.32 Å². The maximum absolute atomic E-state index is 12.0. The van der Waals surface area contributed by atoms with Crippen LogP contribution >= 0.6 is 0 Å². The molecule has 2 N–H and O–H groups in total. The lowest BCUT2D eigenvalue weighted by atomic mass is 10.1. The minimum atomic E-state index is -0.643. The van der Waals surface area contributed by atoms with E-state index in [2.05, 4.69) is 5.32 Å². The van der Waals surface area contributed by atoms with Gasteiger partial charge in [-0.1, -0.05) is 18.2 Å². The van der Waals surface area contributed by atoms with E-state index in [4.69, 9.17) is 9.52 Å². The van der Waals surface area contributed by atoms with Crippen molar-refractivity contribution >= 4 is 16.9 Å². The van der Waals surface area contributed by atoms with Crippen molar-refractivity contribution in [2.75, 3.05) is 6.61 Å². The Morgan fingerprint density at radius 3 is 2.82 bits per heavy atom. The maximum atomic E-state index is 12.0. The maximum Gasteiger partial charge on any atom is 0.255 e. The molecule has 2 rings (SSSR count). The largest absolute Gasteiger partial charge is 0.463 e. The van der Waals surface area contributed by atoms with Crippen LogP contribution in [0.5, 0.6) is 0 Å². The zero-order valence-corrected chi connectivity index (χ0v) is 9.86. The summed E-state index contributed by atoms with van der Waals surface area (Å²) >= 11 is 0. The van der Waals surface area contributed by atoms with Gasteiger partial charge in [-0.05, 0) is 19.9 Å². The van der Waals surface area contributed by atoms with Gasteiger partial charge in [0.2, 0.25) is 0 Å². The van der Waals surface area contributed by atoms with Gasteiger partial charge in [0.05, 0.1) is 17.7 Å². The van der Waals surface area contributed by atoms with E-state index in [-0.39, 0.29) is 12.5 Å². The molecule has 2 aromatic rings. The summed E-state index contributed by atoms with van der Waals surface area (Å²) in [6.07, 6.45) is 1.44. The second kappa shape index (κ2) is 4.22. The van der Waals surface area contributed by atoms with Gasteiger partial charge in [0, 0.05) is 5.39 Å². The molecule has 17 heavy (non-hydrogen) atoms. The topological polar surface area (TPSA) is 62.5 Å². The van der Waals surface area contributed by atoms with Crippen LogP contribution in [0.4, 0.5) is 0 Å². The number of benzene rings is 1. The molecule has 4 heteroatoms. The van der Waals surface area contributed by atoms with E-state index < -0.39 is 5.54 Å². The summed E-state index contributed by atoms with van der Waals surface area (Å²) in [5.74, 6) is -0.242. The lowest BCUT2D eigenvalue weighted by Gasteiger charge is -2.23. The third-order valence-electron chi connectivity index (χ3n) is 2.57. The van der Waals surface area contributed by atoms with Crippen molar-refractivity contribution < 1.29 is 14.3 Å². The van der Waals surface area contributed by atoms with Crippen LogP contribution in [0.2, 0.25) is 0 Å². The molecule has 0 aliphatic rings. The third-order valence-corrected chi connectivity index (χ3v) is 2.57. The number of rotatable bonds is 3. The van der Waals surface area contributed by atoms with Crippen molar-refractivity contribution in [3.63, 3.8) is 0 Å². The fourth-order valence-corrected chi connectivity index (χ4v) is 1.57. The first-order valence-corrected chi connectivity index (χ1v) is 5.43. The van der Waals surface area contributed by atoms with Gasteiger partial charge in [-0.3, -0.25) is 4.79 Å². The lowest BCUT2D eigenvalue weighted by Crippen LogP contribution is -2.46. The standard InChI is InChI=1S/C13H15NO3/c1-13(2,8-15)14-12(16)10-7-17-11-6-4-3-5-9(10)11/h3-7,15H,8H2,1-2H3,(H,14,16). The quantitative estimate of drug-likeness (QED) is 0.851. The van der Waals surface area contributed by atoms with Crippen molar-refractivity contribution in [3.8, 4) is 0 Å². The Balaban J connectivity index is 2.31.